The zero-order chi connectivity index (χ0) is 14.7. The Morgan fingerprint density at radius 2 is 2.19 bits per heavy atom. The van der Waals surface area contributed by atoms with Crippen molar-refractivity contribution in [3.8, 4) is 5.75 Å². The molecule has 5 heteroatoms. The van der Waals surface area contributed by atoms with Gasteiger partial charge in [0.25, 0.3) is 0 Å². The van der Waals surface area contributed by atoms with E-state index in [1.807, 2.05) is 38.4 Å². The maximum atomic E-state index is 5.79. The third kappa shape index (κ3) is 2.83. The van der Waals surface area contributed by atoms with E-state index in [4.69, 9.17) is 4.74 Å². The first kappa shape index (κ1) is 13.8. The molecule has 1 aromatic carbocycles. The van der Waals surface area contributed by atoms with E-state index in [1.165, 1.54) is 0 Å². The average molecular weight is 284 g/mol. The van der Waals surface area contributed by atoms with Crippen LogP contribution in [0.3, 0.4) is 0 Å². The standard InChI is InChI=1S/C16H20N4O/c1-12-13(10-17-2)11-18-16(19-12)20-8-5-9-21-15-7-4-3-6-14(15)20/h3-4,6-7,11,17H,5,8-10H2,1-2H3. The number of fused-ring (bicyclic) bond motifs is 1. The molecule has 3 rings (SSSR count). The molecule has 1 aliphatic heterocycles. The summed E-state index contributed by atoms with van der Waals surface area (Å²) in [5.41, 5.74) is 3.17. The minimum absolute atomic E-state index is 0.727. The molecule has 2 aromatic rings. The van der Waals surface area contributed by atoms with Gasteiger partial charge in [0.05, 0.1) is 12.3 Å². The van der Waals surface area contributed by atoms with Gasteiger partial charge >= 0.3 is 0 Å². The number of hydrogen-bond acceptors (Lipinski definition) is 5. The minimum Gasteiger partial charge on any atom is -0.491 e. The number of nitrogens with one attached hydrogen (secondary N) is 1. The van der Waals surface area contributed by atoms with Gasteiger partial charge in [0, 0.05) is 30.5 Å². The Hall–Kier alpha value is -2.14. The van der Waals surface area contributed by atoms with Gasteiger partial charge in [-0.25, -0.2) is 9.97 Å². The van der Waals surface area contributed by atoms with Gasteiger partial charge in [-0.1, -0.05) is 12.1 Å². The SMILES string of the molecule is CNCc1cnc(N2CCCOc3ccccc32)nc1C. The van der Waals surface area contributed by atoms with Gasteiger partial charge in [-0.3, -0.25) is 0 Å². The zero-order valence-electron chi connectivity index (χ0n) is 12.5. The molecule has 1 N–H and O–H groups in total. The van der Waals surface area contributed by atoms with E-state index >= 15 is 0 Å². The summed E-state index contributed by atoms with van der Waals surface area (Å²) in [7, 11) is 1.93. The van der Waals surface area contributed by atoms with Gasteiger partial charge in [0.1, 0.15) is 5.75 Å². The van der Waals surface area contributed by atoms with Gasteiger partial charge in [0.2, 0.25) is 5.95 Å². The topological polar surface area (TPSA) is 50.3 Å². The summed E-state index contributed by atoms with van der Waals surface area (Å²) >= 11 is 0. The molecule has 0 spiro atoms. The van der Waals surface area contributed by atoms with Crippen molar-refractivity contribution in [2.45, 2.75) is 19.9 Å². The van der Waals surface area contributed by atoms with E-state index in [0.717, 1.165) is 54.8 Å². The molecule has 0 bridgehead atoms. The molecule has 0 unspecified atom stereocenters. The number of anilines is 2. The second-order valence-corrected chi connectivity index (χ2v) is 5.13. The Labute approximate surface area is 125 Å². The van der Waals surface area contributed by atoms with E-state index < -0.39 is 0 Å². The van der Waals surface area contributed by atoms with E-state index in [1.54, 1.807) is 0 Å². The van der Waals surface area contributed by atoms with Crippen LogP contribution in [0, 0.1) is 6.92 Å². The molecule has 0 aliphatic carbocycles. The monoisotopic (exact) mass is 284 g/mol. The second kappa shape index (κ2) is 6.10. The second-order valence-electron chi connectivity index (χ2n) is 5.13. The van der Waals surface area contributed by atoms with Crippen LogP contribution in [0.2, 0.25) is 0 Å². The van der Waals surface area contributed by atoms with Crippen LogP contribution in [0.4, 0.5) is 11.6 Å². The number of aromatic nitrogens is 2. The number of aryl methyl sites for hydroxylation is 1. The van der Waals surface area contributed by atoms with Crippen molar-refractivity contribution >= 4 is 11.6 Å². The predicted molar refractivity (Wildman–Crippen MR) is 83.1 cm³/mol. The van der Waals surface area contributed by atoms with Gasteiger partial charge in [-0.05, 0) is 32.5 Å². The Morgan fingerprint density at radius 1 is 1.33 bits per heavy atom. The fraction of sp³-hybridized carbons (Fsp3) is 0.375. The first-order chi connectivity index (χ1) is 10.3. The fourth-order valence-corrected chi connectivity index (χ4v) is 2.51. The van der Waals surface area contributed by atoms with Crippen molar-refractivity contribution < 1.29 is 4.74 Å². The quantitative estimate of drug-likeness (QED) is 0.938. The Morgan fingerprint density at radius 3 is 3.00 bits per heavy atom. The minimum atomic E-state index is 0.727. The molecule has 0 saturated heterocycles. The van der Waals surface area contributed by atoms with Crippen molar-refractivity contribution in [3.63, 3.8) is 0 Å². The van der Waals surface area contributed by atoms with E-state index in [-0.39, 0.29) is 0 Å². The Kier molecular flexibility index (Phi) is 4.01. The van der Waals surface area contributed by atoms with Gasteiger partial charge < -0.3 is 15.0 Å². The van der Waals surface area contributed by atoms with Crippen LogP contribution >= 0.6 is 0 Å². The van der Waals surface area contributed by atoms with E-state index in [2.05, 4.69) is 26.3 Å². The molecule has 0 atom stereocenters. The number of rotatable bonds is 3. The third-order valence-corrected chi connectivity index (χ3v) is 3.62. The van der Waals surface area contributed by atoms with Crippen LogP contribution < -0.4 is 15.0 Å². The molecule has 0 radical (unpaired) electrons. The van der Waals surface area contributed by atoms with Gasteiger partial charge in [-0.15, -0.1) is 0 Å². The maximum absolute atomic E-state index is 5.79. The van der Waals surface area contributed by atoms with Crippen molar-refractivity contribution in [2.75, 3.05) is 25.1 Å². The molecule has 0 fully saturated rings. The molecule has 1 aromatic heterocycles. The van der Waals surface area contributed by atoms with Crippen molar-refractivity contribution in [1.29, 1.82) is 0 Å². The lowest BCUT2D eigenvalue weighted by Gasteiger charge is -2.22. The molecule has 1 aliphatic rings. The van der Waals surface area contributed by atoms with Crippen molar-refractivity contribution in [2.24, 2.45) is 0 Å². The fourth-order valence-electron chi connectivity index (χ4n) is 2.51. The lowest BCUT2D eigenvalue weighted by molar-refractivity contribution is 0.322. The normalized spacial score (nSPS) is 14.3. The largest absolute Gasteiger partial charge is 0.491 e. The number of nitrogens with zero attached hydrogens (tertiary/aromatic N) is 3. The van der Waals surface area contributed by atoms with Crippen LogP contribution in [0.1, 0.15) is 17.7 Å². The van der Waals surface area contributed by atoms with Crippen LogP contribution in [0.25, 0.3) is 0 Å². The first-order valence-corrected chi connectivity index (χ1v) is 7.26. The van der Waals surface area contributed by atoms with Crippen LogP contribution in [0.5, 0.6) is 5.75 Å². The summed E-state index contributed by atoms with van der Waals surface area (Å²) in [4.78, 5) is 11.4. The van der Waals surface area contributed by atoms with Crippen LogP contribution in [0.15, 0.2) is 30.5 Å². The number of ether oxygens (including phenoxy) is 1. The molecule has 5 nitrogen and oxygen atoms in total. The highest BCUT2D eigenvalue weighted by Crippen LogP contribution is 2.34. The molecular formula is C16H20N4O. The summed E-state index contributed by atoms with van der Waals surface area (Å²) < 4.78 is 5.79. The number of para-hydroxylation sites is 2. The smallest absolute Gasteiger partial charge is 0.230 e. The third-order valence-electron chi connectivity index (χ3n) is 3.62. The molecule has 21 heavy (non-hydrogen) atoms. The Bertz CT molecular complexity index is 629. The zero-order valence-corrected chi connectivity index (χ0v) is 12.5. The molecule has 110 valence electrons. The summed E-state index contributed by atoms with van der Waals surface area (Å²) in [6.45, 7) is 4.40. The van der Waals surface area contributed by atoms with E-state index in [0.29, 0.717) is 0 Å². The predicted octanol–water partition coefficient (Wildman–Crippen LogP) is 2.43. The highest BCUT2D eigenvalue weighted by molar-refractivity contribution is 5.65. The summed E-state index contributed by atoms with van der Waals surface area (Å²) in [5, 5.41) is 3.14. The lowest BCUT2D eigenvalue weighted by atomic mass is 10.2. The van der Waals surface area contributed by atoms with Crippen molar-refractivity contribution in [1.82, 2.24) is 15.3 Å². The highest BCUT2D eigenvalue weighted by Gasteiger charge is 2.19. The van der Waals surface area contributed by atoms with Crippen LogP contribution in [-0.2, 0) is 6.54 Å². The molecule has 0 amide bonds. The molecule has 0 saturated carbocycles. The summed E-state index contributed by atoms with van der Waals surface area (Å²) in [6, 6.07) is 8.06. The van der Waals surface area contributed by atoms with E-state index in [9.17, 15) is 0 Å². The maximum Gasteiger partial charge on any atom is 0.230 e. The molecule has 2 heterocycles. The first-order valence-electron chi connectivity index (χ1n) is 7.26. The van der Waals surface area contributed by atoms with Crippen molar-refractivity contribution in [3.05, 3.63) is 41.7 Å². The highest BCUT2D eigenvalue weighted by atomic mass is 16.5. The summed E-state index contributed by atoms with van der Waals surface area (Å²) in [5.74, 6) is 1.64. The number of hydrogen-bond donors (Lipinski definition) is 1. The van der Waals surface area contributed by atoms with Crippen LogP contribution in [-0.4, -0.2) is 30.2 Å². The molecular weight excluding hydrogens is 264 g/mol. The average Bonchev–Trinajstić information content (AvgIpc) is 2.72. The van der Waals surface area contributed by atoms with Gasteiger partial charge in [0.15, 0.2) is 0 Å². The number of benzene rings is 1. The lowest BCUT2D eigenvalue weighted by Crippen LogP contribution is -2.21. The summed E-state index contributed by atoms with van der Waals surface area (Å²) in [6.07, 6.45) is 2.86. The van der Waals surface area contributed by atoms with Gasteiger partial charge in [-0.2, -0.15) is 0 Å². The Balaban J connectivity index is 1.98.